The lowest BCUT2D eigenvalue weighted by molar-refractivity contribution is 0.0548. The average Bonchev–Trinajstić information content (AvgIpc) is 3.38. The van der Waals surface area contributed by atoms with Crippen LogP contribution in [0.15, 0.2) is 41.3 Å². The number of ether oxygens (including phenoxy) is 1. The molecule has 3 aromatic rings. The molecule has 7 nitrogen and oxygen atoms in total. The summed E-state index contributed by atoms with van der Waals surface area (Å²) >= 11 is 1.20. The van der Waals surface area contributed by atoms with Gasteiger partial charge in [-0.25, -0.2) is 4.98 Å². The van der Waals surface area contributed by atoms with Crippen molar-refractivity contribution < 1.29 is 18.7 Å². The predicted octanol–water partition coefficient (Wildman–Crippen LogP) is 3.97. The van der Waals surface area contributed by atoms with Crippen LogP contribution >= 0.6 is 11.3 Å². The maximum atomic E-state index is 13.1. The van der Waals surface area contributed by atoms with Gasteiger partial charge in [-0.1, -0.05) is 11.3 Å². The van der Waals surface area contributed by atoms with Gasteiger partial charge >= 0.3 is 0 Å². The molecule has 0 saturated carbocycles. The van der Waals surface area contributed by atoms with Crippen molar-refractivity contribution in [2.24, 2.45) is 5.92 Å². The molecule has 0 aromatic carbocycles. The molecule has 1 aliphatic heterocycles. The molecular formula is C20H19N3O4S. The molecule has 4 heterocycles. The summed E-state index contributed by atoms with van der Waals surface area (Å²) in [6.45, 7) is 2.99. The van der Waals surface area contributed by atoms with E-state index < -0.39 is 0 Å². The number of anilines is 1. The maximum absolute atomic E-state index is 13.1. The topological polar surface area (TPSA) is 94.3 Å². The van der Waals surface area contributed by atoms with E-state index in [2.05, 4.69) is 15.3 Å². The largest absolute Gasteiger partial charge is 0.472 e. The van der Waals surface area contributed by atoms with Crippen molar-refractivity contribution in [3.05, 3.63) is 53.1 Å². The first-order valence-electron chi connectivity index (χ1n) is 9.01. The Kier molecular flexibility index (Phi) is 5.31. The Bertz CT molecular complexity index is 991. The lowest BCUT2D eigenvalue weighted by atomic mass is 9.93. The Morgan fingerprint density at radius 2 is 2.07 bits per heavy atom. The Morgan fingerprint density at radius 3 is 2.79 bits per heavy atom. The molecule has 8 heteroatoms. The minimum absolute atomic E-state index is 0.0391. The Morgan fingerprint density at radius 1 is 1.25 bits per heavy atom. The molecule has 0 unspecified atom stereocenters. The Hall–Kier alpha value is -2.84. The number of aromatic nitrogens is 2. The van der Waals surface area contributed by atoms with Crippen molar-refractivity contribution in [3.63, 3.8) is 0 Å². The number of ketones is 1. The highest BCUT2D eigenvalue weighted by atomic mass is 32.1. The molecule has 1 aliphatic rings. The third-order valence-corrected chi connectivity index (χ3v) is 5.60. The zero-order valence-electron chi connectivity index (χ0n) is 15.3. The van der Waals surface area contributed by atoms with E-state index in [4.69, 9.17) is 9.15 Å². The van der Waals surface area contributed by atoms with Gasteiger partial charge in [0.15, 0.2) is 10.9 Å². The van der Waals surface area contributed by atoms with Gasteiger partial charge in [0.05, 0.1) is 18.2 Å². The van der Waals surface area contributed by atoms with Crippen LogP contribution in [0, 0.1) is 12.8 Å². The van der Waals surface area contributed by atoms with Gasteiger partial charge in [0.1, 0.15) is 4.88 Å². The summed E-state index contributed by atoms with van der Waals surface area (Å²) in [7, 11) is 0. The molecule has 0 spiro atoms. The number of aryl methyl sites for hydroxylation is 1. The standard InChI is InChI=1S/C20H19N3O4S/c1-12-10-14(2-6-21-12)19(25)23-20-22-16(15-5-9-27-11-15)18(28-20)17(24)13-3-7-26-8-4-13/h2,5-6,9-11,13H,3-4,7-8H2,1H3,(H,22,23,25). The van der Waals surface area contributed by atoms with Crippen molar-refractivity contribution in [2.75, 3.05) is 18.5 Å². The van der Waals surface area contributed by atoms with E-state index in [9.17, 15) is 9.59 Å². The van der Waals surface area contributed by atoms with Crippen LogP contribution in [-0.2, 0) is 4.74 Å². The molecule has 4 rings (SSSR count). The predicted molar refractivity (Wildman–Crippen MR) is 105 cm³/mol. The van der Waals surface area contributed by atoms with Crippen LogP contribution in [-0.4, -0.2) is 34.9 Å². The van der Waals surface area contributed by atoms with E-state index in [1.807, 2.05) is 6.92 Å². The number of hydrogen-bond donors (Lipinski definition) is 1. The van der Waals surface area contributed by atoms with Gasteiger partial charge in [0.2, 0.25) is 0 Å². The van der Waals surface area contributed by atoms with Crippen molar-refractivity contribution in [3.8, 4) is 11.3 Å². The number of amides is 1. The highest BCUT2D eigenvalue weighted by Gasteiger charge is 2.28. The van der Waals surface area contributed by atoms with E-state index in [0.717, 1.165) is 5.69 Å². The van der Waals surface area contributed by atoms with Crippen molar-refractivity contribution in [1.82, 2.24) is 9.97 Å². The first-order valence-corrected chi connectivity index (χ1v) is 9.83. The van der Waals surface area contributed by atoms with E-state index in [1.54, 1.807) is 30.7 Å². The fourth-order valence-corrected chi connectivity index (χ4v) is 4.14. The third kappa shape index (κ3) is 3.88. The molecule has 0 atom stereocenters. The second-order valence-electron chi connectivity index (χ2n) is 6.60. The van der Waals surface area contributed by atoms with Crippen molar-refractivity contribution >= 4 is 28.2 Å². The van der Waals surface area contributed by atoms with Gasteiger partial charge in [0.25, 0.3) is 5.91 Å². The molecule has 1 fully saturated rings. The SMILES string of the molecule is Cc1cc(C(=O)Nc2nc(-c3ccoc3)c(C(=O)C3CCOCC3)s2)ccn1. The molecule has 0 radical (unpaired) electrons. The summed E-state index contributed by atoms with van der Waals surface area (Å²) in [5.41, 5.74) is 2.49. The minimum atomic E-state index is -0.289. The number of thiazole rings is 1. The molecule has 0 bridgehead atoms. The van der Waals surface area contributed by atoms with Crippen LogP contribution in [0.4, 0.5) is 5.13 Å². The fraction of sp³-hybridized carbons (Fsp3) is 0.300. The second-order valence-corrected chi connectivity index (χ2v) is 7.60. The smallest absolute Gasteiger partial charge is 0.257 e. The van der Waals surface area contributed by atoms with E-state index >= 15 is 0 Å². The van der Waals surface area contributed by atoms with Gasteiger partial charge in [0, 0.05) is 42.1 Å². The lowest BCUT2D eigenvalue weighted by Gasteiger charge is -2.20. The highest BCUT2D eigenvalue weighted by Crippen LogP contribution is 2.35. The molecule has 1 N–H and O–H groups in total. The van der Waals surface area contributed by atoms with Crippen molar-refractivity contribution in [1.29, 1.82) is 0 Å². The molecule has 1 amide bonds. The average molecular weight is 397 g/mol. The molecule has 0 aliphatic carbocycles. The monoisotopic (exact) mass is 397 g/mol. The molecular weight excluding hydrogens is 378 g/mol. The quantitative estimate of drug-likeness (QED) is 0.655. The molecule has 144 valence electrons. The van der Waals surface area contributed by atoms with Crippen LogP contribution in [0.2, 0.25) is 0 Å². The van der Waals surface area contributed by atoms with Crippen LogP contribution in [0.5, 0.6) is 0 Å². The minimum Gasteiger partial charge on any atom is -0.472 e. The number of nitrogens with one attached hydrogen (secondary N) is 1. The summed E-state index contributed by atoms with van der Waals surface area (Å²) in [6, 6.07) is 5.10. The number of furan rings is 1. The number of nitrogens with zero attached hydrogens (tertiary/aromatic N) is 2. The summed E-state index contributed by atoms with van der Waals surface area (Å²) in [4.78, 5) is 34.8. The third-order valence-electron chi connectivity index (χ3n) is 4.62. The Balaban J connectivity index is 1.63. The number of carbonyl (C=O) groups is 2. The second kappa shape index (κ2) is 8.04. The molecule has 1 saturated heterocycles. The van der Waals surface area contributed by atoms with Crippen molar-refractivity contribution in [2.45, 2.75) is 19.8 Å². The van der Waals surface area contributed by atoms with Gasteiger partial charge < -0.3 is 9.15 Å². The highest BCUT2D eigenvalue weighted by molar-refractivity contribution is 7.18. The van der Waals surface area contributed by atoms with E-state index in [1.165, 1.54) is 17.6 Å². The summed E-state index contributed by atoms with van der Waals surface area (Å²) in [5, 5.41) is 3.18. The number of rotatable bonds is 5. The van der Waals surface area contributed by atoms with E-state index in [-0.39, 0.29) is 17.6 Å². The zero-order chi connectivity index (χ0) is 19.5. The molecule has 3 aromatic heterocycles. The Labute approximate surface area is 165 Å². The fourth-order valence-electron chi connectivity index (χ4n) is 3.14. The van der Waals surface area contributed by atoms with Gasteiger partial charge in [-0.3, -0.25) is 19.9 Å². The first-order chi connectivity index (χ1) is 13.6. The first kappa shape index (κ1) is 18.5. The number of pyridine rings is 1. The maximum Gasteiger partial charge on any atom is 0.257 e. The van der Waals surface area contributed by atoms with Gasteiger partial charge in [-0.2, -0.15) is 0 Å². The zero-order valence-corrected chi connectivity index (χ0v) is 16.1. The summed E-state index contributed by atoms with van der Waals surface area (Å²) in [5.74, 6) is -0.341. The van der Waals surface area contributed by atoms with Crippen LogP contribution in [0.3, 0.4) is 0 Å². The van der Waals surface area contributed by atoms with Gasteiger partial charge in [-0.05, 0) is 38.0 Å². The van der Waals surface area contributed by atoms with E-state index in [0.29, 0.717) is 52.9 Å². The summed E-state index contributed by atoms with van der Waals surface area (Å²) in [6.07, 6.45) is 6.06. The number of hydrogen-bond acceptors (Lipinski definition) is 7. The normalized spacial score (nSPS) is 14.8. The van der Waals surface area contributed by atoms with Crippen LogP contribution in [0.25, 0.3) is 11.3 Å². The van der Waals surface area contributed by atoms with Crippen LogP contribution in [0.1, 0.15) is 38.6 Å². The molecule has 28 heavy (non-hydrogen) atoms. The van der Waals surface area contributed by atoms with Gasteiger partial charge in [-0.15, -0.1) is 0 Å². The van der Waals surface area contributed by atoms with Crippen LogP contribution < -0.4 is 5.32 Å². The number of carbonyl (C=O) groups excluding carboxylic acids is 2. The number of Topliss-reactive ketones (excluding diaryl/α,β-unsaturated/α-hetero) is 1. The summed E-state index contributed by atoms with van der Waals surface area (Å²) < 4.78 is 10.5. The lowest BCUT2D eigenvalue weighted by Crippen LogP contribution is -2.23.